The number of methoxy groups -OCH3 is 1. The molecule has 2 atom stereocenters. The number of amides is 3. The van der Waals surface area contributed by atoms with E-state index in [0.717, 1.165) is 25.5 Å². The molecule has 1 unspecified atom stereocenters. The molecule has 18 heteroatoms. The summed E-state index contributed by atoms with van der Waals surface area (Å²) in [6.07, 6.45) is -1.25. The van der Waals surface area contributed by atoms with Crippen LogP contribution in [0.2, 0.25) is 5.02 Å². The maximum Gasteiger partial charge on any atom is 0.422 e. The van der Waals surface area contributed by atoms with Crippen molar-refractivity contribution in [1.82, 2.24) is 30.9 Å². The van der Waals surface area contributed by atoms with E-state index in [9.17, 15) is 32.3 Å². The summed E-state index contributed by atoms with van der Waals surface area (Å²) in [5.74, 6) is -2.80. The Hall–Kier alpha value is -5.19. The van der Waals surface area contributed by atoms with Gasteiger partial charge in [0.15, 0.2) is 6.61 Å². The van der Waals surface area contributed by atoms with Gasteiger partial charge in [-0.2, -0.15) is 28.1 Å². The highest BCUT2D eigenvalue weighted by Gasteiger charge is 2.45. The zero-order valence-corrected chi connectivity index (χ0v) is 28.4. The van der Waals surface area contributed by atoms with E-state index >= 15 is 0 Å². The Morgan fingerprint density at radius 1 is 0.941 bits per heavy atom. The molecule has 0 aliphatic heterocycles. The van der Waals surface area contributed by atoms with Crippen molar-refractivity contribution in [1.29, 1.82) is 0 Å². The van der Waals surface area contributed by atoms with Crippen molar-refractivity contribution in [2.75, 3.05) is 30.9 Å². The second-order valence-corrected chi connectivity index (χ2v) is 12.7. The Labute approximate surface area is 295 Å². The van der Waals surface area contributed by atoms with Crippen molar-refractivity contribution in [2.45, 2.75) is 62.8 Å². The minimum atomic E-state index is -4.63. The van der Waals surface area contributed by atoms with Crippen LogP contribution in [0.4, 0.5) is 30.8 Å². The molecule has 2 aromatic carbocycles. The number of hydrogen-bond donors (Lipinski definition) is 5. The Balaban J connectivity index is 1.21. The first kappa shape index (κ1) is 37.1. The Bertz CT molecular complexity index is 1740. The SMILES string of the molecule is COC(=O)[C@H](CCNC(=O)C(=O)NC(C)C1CC1)NC(=O)c1ccc(Nc2nc(NC3(c4ccc(Cl)cc4)CC3)nc(OCC(F)(F)F)n2)cc1. The summed E-state index contributed by atoms with van der Waals surface area (Å²) in [5, 5.41) is 14.3. The lowest BCUT2D eigenvalue weighted by Crippen LogP contribution is -2.47. The fraction of sp³-hybridized carbons (Fsp3) is 0.424. The molecule has 272 valence electrons. The highest BCUT2D eigenvalue weighted by atomic mass is 35.5. The molecule has 51 heavy (non-hydrogen) atoms. The van der Waals surface area contributed by atoms with Gasteiger partial charge in [0.25, 0.3) is 5.91 Å². The van der Waals surface area contributed by atoms with Gasteiger partial charge >= 0.3 is 30.0 Å². The average molecular weight is 733 g/mol. The predicted molar refractivity (Wildman–Crippen MR) is 178 cm³/mol. The standard InChI is InChI=1S/C33H36ClF3N8O6/c1-18(19-3-4-19)39-27(48)26(47)38-16-13-24(28(49)50-2)41-25(46)20-5-11-23(12-6-20)40-29-42-30(44-31(43-29)51-17-33(35,36)37)45-32(14-15-32)21-7-9-22(34)10-8-21/h5-12,18-19,24H,3-4,13-17H2,1-2H3,(H,38,47)(H,39,48)(H,41,46)(H2,40,42,43,44,45)/t18?,24-/m0/s1. The Morgan fingerprint density at radius 2 is 1.61 bits per heavy atom. The van der Waals surface area contributed by atoms with Gasteiger partial charge in [0.05, 0.1) is 12.6 Å². The van der Waals surface area contributed by atoms with Crippen LogP contribution in [0.1, 0.15) is 54.9 Å². The lowest BCUT2D eigenvalue weighted by atomic mass is 10.1. The number of nitrogens with one attached hydrogen (secondary N) is 5. The Kier molecular flexibility index (Phi) is 11.5. The molecule has 0 spiro atoms. The van der Waals surface area contributed by atoms with Crippen LogP contribution >= 0.6 is 11.6 Å². The number of benzene rings is 2. The van der Waals surface area contributed by atoms with Crippen molar-refractivity contribution in [3.05, 3.63) is 64.7 Å². The number of hydrogen-bond acceptors (Lipinski definition) is 11. The van der Waals surface area contributed by atoms with Crippen molar-refractivity contribution in [3.8, 4) is 6.01 Å². The number of rotatable bonds is 15. The van der Waals surface area contributed by atoms with E-state index < -0.39 is 54.1 Å². The largest absolute Gasteiger partial charge is 0.467 e. The zero-order chi connectivity index (χ0) is 36.8. The molecule has 0 saturated heterocycles. The third kappa shape index (κ3) is 10.7. The van der Waals surface area contributed by atoms with Crippen LogP contribution in [0.25, 0.3) is 0 Å². The molecule has 0 bridgehead atoms. The van der Waals surface area contributed by atoms with Gasteiger partial charge in [0, 0.05) is 28.9 Å². The van der Waals surface area contributed by atoms with Gasteiger partial charge < -0.3 is 36.1 Å². The first-order valence-corrected chi connectivity index (χ1v) is 16.5. The van der Waals surface area contributed by atoms with Crippen LogP contribution in [-0.4, -0.2) is 77.2 Å². The quantitative estimate of drug-likeness (QED) is 0.112. The van der Waals surface area contributed by atoms with E-state index in [1.54, 1.807) is 12.1 Å². The van der Waals surface area contributed by atoms with Gasteiger partial charge in [-0.1, -0.05) is 23.7 Å². The first-order valence-electron chi connectivity index (χ1n) is 16.1. The lowest BCUT2D eigenvalue weighted by molar-refractivity contribution is -0.154. The van der Waals surface area contributed by atoms with Gasteiger partial charge in [-0.25, -0.2) is 4.79 Å². The lowest BCUT2D eigenvalue weighted by Gasteiger charge is -2.19. The van der Waals surface area contributed by atoms with Crippen molar-refractivity contribution >= 4 is 52.9 Å². The van der Waals surface area contributed by atoms with E-state index in [-0.39, 0.29) is 36.5 Å². The van der Waals surface area contributed by atoms with Crippen LogP contribution in [0, 0.1) is 5.92 Å². The van der Waals surface area contributed by atoms with E-state index in [1.807, 2.05) is 19.1 Å². The van der Waals surface area contributed by atoms with E-state index in [1.165, 1.54) is 24.3 Å². The van der Waals surface area contributed by atoms with Gasteiger partial charge in [0.2, 0.25) is 11.9 Å². The number of carbonyl (C=O) groups excluding carboxylic acids is 4. The number of anilines is 3. The fourth-order valence-electron chi connectivity index (χ4n) is 5.14. The normalized spacial score (nSPS) is 15.8. The Morgan fingerprint density at radius 3 is 2.22 bits per heavy atom. The van der Waals surface area contributed by atoms with E-state index in [4.69, 9.17) is 21.1 Å². The summed E-state index contributed by atoms with van der Waals surface area (Å²) in [4.78, 5) is 62.0. The maximum atomic E-state index is 13.0. The number of esters is 1. The summed E-state index contributed by atoms with van der Waals surface area (Å²) >= 11 is 6.02. The molecule has 2 fully saturated rings. The molecule has 2 saturated carbocycles. The zero-order valence-electron chi connectivity index (χ0n) is 27.6. The minimum absolute atomic E-state index is 0.0217. The van der Waals surface area contributed by atoms with Crippen molar-refractivity contribution in [3.63, 3.8) is 0 Å². The molecule has 2 aliphatic carbocycles. The number of alkyl halides is 3. The smallest absolute Gasteiger partial charge is 0.422 e. The van der Waals surface area contributed by atoms with Crippen LogP contribution in [-0.2, 0) is 24.7 Å². The number of carbonyl (C=O) groups is 4. The van der Waals surface area contributed by atoms with Crippen LogP contribution < -0.4 is 31.3 Å². The number of aromatic nitrogens is 3. The molecular formula is C33H36ClF3N8O6. The summed E-state index contributed by atoms with van der Waals surface area (Å²) in [6, 6.07) is 11.2. The second kappa shape index (κ2) is 15.8. The monoisotopic (exact) mass is 732 g/mol. The summed E-state index contributed by atoms with van der Waals surface area (Å²) in [7, 11) is 1.15. The molecule has 3 amide bonds. The second-order valence-electron chi connectivity index (χ2n) is 12.3. The molecule has 5 N–H and O–H groups in total. The van der Waals surface area contributed by atoms with Crippen LogP contribution in [0.3, 0.4) is 0 Å². The third-order valence-corrected chi connectivity index (χ3v) is 8.54. The molecule has 14 nitrogen and oxygen atoms in total. The number of ether oxygens (including phenoxy) is 2. The van der Waals surface area contributed by atoms with Crippen molar-refractivity contribution < 1.29 is 41.8 Å². The third-order valence-electron chi connectivity index (χ3n) is 8.28. The minimum Gasteiger partial charge on any atom is -0.467 e. The van der Waals surface area contributed by atoms with Gasteiger partial charge in [-0.3, -0.25) is 14.4 Å². The molecule has 3 aromatic rings. The van der Waals surface area contributed by atoms with E-state index in [2.05, 4.69) is 41.5 Å². The number of nitrogens with zero attached hydrogens (tertiary/aromatic N) is 3. The summed E-state index contributed by atoms with van der Waals surface area (Å²) in [6.45, 7) is 0.123. The number of halogens is 4. The van der Waals surface area contributed by atoms with Gasteiger partial charge in [-0.15, -0.1) is 0 Å². The summed E-state index contributed by atoms with van der Waals surface area (Å²) < 4.78 is 48.4. The van der Waals surface area contributed by atoms with Gasteiger partial charge in [-0.05, 0) is 86.9 Å². The molecular weight excluding hydrogens is 697 g/mol. The van der Waals surface area contributed by atoms with Gasteiger partial charge in [0.1, 0.15) is 6.04 Å². The highest BCUT2D eigenvalue weighted by molar-refractivity contribution is 6.35. The fourth-order valence-corrected chi connectivity index (χ4v) is 5.26. The average Bonchev–Trinajstić information content (AvgIpc) is 4.03. The molecule has 2 aliphatic rings. The first-order chi connectivity index (χ1) is 24.2. The molecule has 1 aromatic heterocycles. The molecule has 0 radical (unpaired) electrons. The predicted octanol–water partition coefficient (Wildman–Crippen LogP) is 4.00. The maximum absolute atomic E-state index is 13.0. The van der Waals surface area contributed by atoms with E-state index in [0.29, 0.717) is 29.5 Å². The topological polar surface area (TPSA) is 186 Å². The highest BCUT2D eigenvalue weighted by Crippen LogP contribution is 2.48. The molecule has 5 rings (SSSR count). The van der Waals surface area contributed by atoms with Crippen LogP contribution in [0.15, 0.2) is 48.5 Å². The van der Waals surface area contributed by atoms with Crippen molar-refractivity contribution in [2.24, 2.45) is 5.92 Å². The summed E-state index contributed by atoms with van der Waals surface area (Å²) in [5.41, 5.74) is 0.869. The van der Waals surface area contributed by atoms with Crippen LogP contribution in [0.5, 0.6) is 6.01 Å². The molecule has 1 heterocycles.